The van der Waals surface area contributed by atoms with E-state index in [1.807, 2.05) is 24.3 Å². The Morgan fingerprint density at radius 2 is 1.71 bits per heavy atom. The minimum atomic E-state index is -0.542. The molecule has 0 saturated carbocycles. The fraction of sp³-hybridized carbons (Fsp3) is 0.111. The minimum Gasteiger partial charge on any atom is -0.388 e. The standard InChI is InChI=1S/C18H14BrClO/c19-16-11-15(7-8-17(16)20)18(21)10-12-5-6-13-3-1-2-4-14(13)9-12/h1-9,11,18,21H,10H2. The zero-order chi connectivity index (χ0) is 14.8. The largest absolute Gasteiger partial charge is 0.388 e. The monoisotopic (exact) mass is 360 g/mol. The lowest BCUT2D eigenvalue weighted by Gasteiger charge is -2.12. The van der Waals surface area contributed by atoms with Gasteiger partial charge in [-0.1, -0.05) is 60.1 Å². The molecular weight excluding hydrogens is 348 g/mol. The summed E-state index contributed by atoms with van der Waals surface area (Å²) in [7, 11) is 0. The number of aliphatic hydroxyl groups is 1. The smallest absolute Gasteiger partial charge is 0.0830 e. The maximum atomic E-state index is 10.4. The molecule has 0 aliphatic carbocycles. The van der Waals surface area contributed by atoms with Crippen LogP contribution in [-0.2, 0) is 6.42 Å². The van der Waals surface area contributed by atoms with Crippen molar-refractivity contribution in [1.82, 2.24) is 0 Å². The zero-order valence-corrected chi connectivity index (χ0v) is 13.6. The molecule has 0 heterocycles. The summed E-state index contributed by atoms with van der Waals surface area (Å²) in [6, 6.07) is 20.0. The van der Waals surface area contributed by atoms with Crippen LogP contribution in [0, 0.1) is 0 Å². The van der Waals surface area contributed by atoms with E-state index in [0.717, 1.165) is 15.6 Å². The number of benzene rings is 3. The molecule has 1 atom stereocenters. The summed E-state index contributed by atoms with van der Waals surface area (Å²) in [4.78, 5) is 0. The Morgan fingerprint density at radius 3 is 2.48 bits per heavy atom. The predicted octanol–water partition coefficient (Wildman–Crippen LogP) is 5.53. The van der Waals surface area contributed by atoms with Crippen molar-refractivity contribution >= 4 is 38.3 Å². The van der Waals surface area contributed by atoms with Crippen LogP contribution in [0.4, 0.5) is 0 Å². The van der Waals surface area contributed by atoms with Crippen molar-refractivity contribution in [3.8, 4) is 0 Å². The first-order chi connectivity index (χ1) is 10.1. The molecule has 0 aromatic heterocycles. The highest BCUT2D eigenvalue weighted by Gasteiger charge is 2.10. The number of hydrogen-bond donors (Lipinski definition) is 1. The molecule has 3 aromatic carbocycles. The van der Waals surface area contributed by atoms with Gasteiger partial charge >= 0.3 is 0 Å². The van der Waals surface area contributed by atoms with Crippen LogP contribution in [0.3, 0.4) is 0 Å². The van der Waals surface area contributed by atoms with Gasteiger partial charge in [0.05, 0.1) is 11.1 Å². The van der Waals surface area contributed by atoms with E-state index in [0.29, 0.717) is 11.4 Å². The highest BCUT2D eigenvalue weighted by Crippen LogP contribution is 2.28. The van der Waals surface area contributed by atoms with Crippen molar-refractivity contribution in [1.29, 1.82) is 0 Å². The lowest BCUT2D eigenvalue weighted by molar-refractivity contribution is 0.178. The molecule has 3 aromatic rings. The number of rotatable bonds is 3. The van der Waals surface area contributed by atoms with Gasteiger partial charge in [-0.2, -0.15) is 0 Å². The molecule has 21 heavy (non-hydrogen) atoms. The van der Waals surface area contributed by atoms with Gasteiger partial charge in [0, 0.05) is 10.9 Å². The van der Waals surface area contributed by atoms with E-state index in [1.165, 1.54) is 10.8 Å². The third-order valence-corrected chi connectivity index (χ3v) is 4.79. The van der Waals surface area contributed by atoms with E-state index >= 15 is 0 Å². The fourth-order valence-electron chi connectivity index (χ4n) is 2.43. The van der Waals surface area contributed by atoms with Gasteiger partial charge < -0.3 is 5.11 Å². The van der Waals surface area contributed by atoms with Gasteiger partial charge in [-0.05, 0) is 50.0 Å². The Kier molecular flexibility index (Phi) is 4.29. The van der Waals surface area contributed by atoms with E-state index in [1.54, 1.807) is 6.07 Å². The van der Waals surface area contributed by atoms with E-state index < -0.39 is 6.10 Å². The van der Waals surface area contributed by atoms with E-state index in [4.69, 9.17) is 11.6 Å². The van der Waals surface area contributed by atoms with Crippen molar-refractivity contribution in [3.63, 3.8) is 0 Å². The number of aliphatic hydroxyl groups excluding tert-OH is 1. The Labute approximate surface area is 137 Å². The maximum absolute atomic E-state index is 10.4. The third-order valence-electron chi connectivity index (χ3n) is 3.57. The van der Waals surface area contributed by atoms with Crippen LogP contribution in [0.2, 0.25) is 5.02 Å². The van der Waals surface area contributed by atoms with Crippen LogP contribution in [0.15, 0.2) is 65.1 Å². The van der Waals surface area contributed by atoms with Crippen molar-refractivity contribution in [2.75, 3.05) is 0 Å². The van der Waals surface area contributed by atoms with Gasteiger partial charge in [-0.25, -0.2) is 0 Å². The summed E-state index contributed by atoms with van der Waals surface area (Å²) in [5, 5.41) is 13.5. The van der Waals surface area contributed by atoms with Crippen LogP contribution >= 0.6 is 27.5 Å². The van der Waals surface area contributed by atoms with Crippen molar-refractivity contribution in [2.24, 2.45) is 0 Å². The highest BCUT2D eigenvalue weighted by molar-refractivity contribution is 9.10. The van der Waals surface area contributed by atoms with E-state index in [2.05, 4.69) is 46.3 Å². The van der Waals surface area contributed by atoms with Crippen LogP contribution in [0.25, 0.3) is 10.8 Å². The van der Waals surface area contributed by atoms with E-state index in [-0.39, 0.29) is 0 Å². The second-order valence-corrected chi connectivity index (χ2v) is 6.34. The van der Waals surface area contributed by atoms with Gasteiger partial charge in [0.1, 0.15) is 0 Å². The molecule has 3 heteroatoms. The Balaban J connectivity index is 1.85. The average molecular weight is 362 g/mol. The topological polar surface area (TPSA) is 20.2 Å². The van der Waals surface area contributed by atoms with Gasteiger partial charge in [-0.3, -0.25) is 0 Å². The van der Waals surface area contributed by atoms with Crippen molar-refractivity contribution in [2.45, 2.75) is 12.5 Å². The molecule has 0 aliphatic heterocycles. The first-order valence-corrected chi connectivity index (χ1v) is 7.91. The summed E-state index contributed by atoms with van der Waals surface area (Å²) in [5.74, 6) is 0. The lowest BCUT2D eigenvalue weighted by Crippen LogP contribution is -2.01. The molecule has 0 saturated heterocycles. The second kappa shape index (κ2) is 6.18. The van der Waals surface area contributed by atoms with E-state index in [9.17, 15) is 5.11 Å². The Hall–Kier alpha value is -1.35. The fourth-order valence-corrected chi connectivity index (χ4v) is 2.94. The third kappa shape index (κ3) is 3.29. The molecule has 1 N–H and O–H groups in total. The molecule has 3 rings (SSSR count). The summed E-state index contributed by atoms with van der Waals surface area (Å²) in [5.41, 5.74) is 1.98. The van der Waals surface area contributed by atoms with Crippen LogP contribution < -0.4 is 0 Å². The molecule has 0 radical (unpaired) electrons. The molecule has 1 nitrogen and oxygen atoms in total. The molecule has 1 unspecified atom stereocenters. The lowest BCUT2D eigenvalue weighted by atomic mass is 9.99. The number of hydrogen-bond acceptors (Lipinski definition) is 1. The number of halogens is 2. The molecule has 106 valence electrons. The van der Waals surface area contributed by atoms with Gasteiger partial charge in [0.15, 0.2) is 0 Å². The Morgan fingerprint density at radius 1 is 0.952 bits per heavy atom. The molecular formula is C18H14BrClO. The normalized spacial score (nSPS) is 12.5. The van der Waals surface area contributed by atoms with Crippen LogP contribution in [0.5, 0.6) is 0 Å². The van der Waals surface area contributed by atoms with Crippen LogP contribution in [-0.4, -0.2) is 5.11 Å². The molecule has 0 spiro atoms. The quantitative estimate of drug-likeness (QED) is 0.650. The van der Waals surface area contributed by atoms with Crippen molar-refractivity contribution in [3.05, 3.63) is 81.3 Å². The summed E-state index contributed by atoms with van der Waals surface area (Å²) in [6.07, 6.45) is 0.0403. The van der Waals surface area contributed by atoms with Gasteiger partial charge in [0.2, 0.25) is 0 Å². The van der Waals surface area contributed by atoms with Gasteiger partial charge in [0.25, 0.3) is 0 Å². The number of fused-ring (bicyclic) bond motifs is 1. The van der Waals surface area contributed by atoms with Crippen molar-refractivity contribution < 1.29 is 5.11 Å². The molecule has 0 amide bonds. The van der Waals surface area contributed by atoms with Gasteiger partial charge in [-0.15, -0.1) is 0 Å². The first-order valence-electron chi connectivity index (χ1n) is 6.74. The summed E-state index contributed by atoms with van der Waals surface area (Å²) >= 11 is 9.37. The Bertz CT molecular complexity index is 785. The highest BCUT2D eigenvalue weighted by atomic mass is 79.9. The second-order valence-electron chi connectivity index (χ2n) is 5.07. The molecule has 0 bridgehead atoms. The van der Waals surface area contributed by atoms with Crippen LogP contribution in [0.1, 0.15) is 17.2 Å². The summed E-state index contributed by atoms with van der Waals surface area (Å²) < 4.78 is 0.805. The summed E-state index contributed by atoms with van der Waals surface area (Å²) in [6.45, 7) is 0. The SMILES string of the molecule is OC(Cc1ccc2ccccc2c1)c1ccc(Cl)c(Br)c1. The predicted molar refractivity (Wildman–Crippen MR) is 91.8 cm³/mol. The average Bonchev–Trinajstić information content (AvgIpc) is 2.50. The zero-order valence-electron chi connectivity index (χ0n) is 11.3. The molecule has 0 aliphatic rings. The molecule has 0 fully saturated rings. The first kappa shape index (κ1) is 14.6. The minimum absolute atomic E-state index is 0.542. The maximum Gasteiger partial charge on any atom is 0.0830 e.